The predicted octanol–water partition coefficient (Wildman–Crippen LogP) is 1.98. The average molecular weight is 212 g/mol. The Morgan fingerprint density at radius 1 is 1.47 bits per heavy atom. The Morgan fingerprint density at radius 2 is 2.13 bits per heavy atom. The minimum absolute atomic E-state index is 0.291. The van der Waals surface area contributed by atoms with E-state index in [9.17, 15) is 4.39 Å². The van der Waals surface area contributed by atoms with Crippen molar-refractivity contribution in [2.75, 3.05) is 19.0 Å². The Labute approximate surface area is 89.4 Å². The van der Waals surface area contributed by atoms with Crippen LogP contribution in [0.25, 0.3) is 0 Å². The van der Waals surface area contributed by atoms with E-state index in [4.69, 9.17) is 10.5 Å². The van der Waals surface area contributed by atoms with E-state index < -0.39 is 0 Å². The number of nitrogens with one attached hydrogen (secondary N) is 1. The van der Waals surface area contributed by atoms with Gasteiger partial charge in [0.25, 0.3) is 0 Å². The van der Waals surface area contributed by atoms with Crippen LogP contribution in [0.5, 0.6) is 5.75 Å². The molecule has 15 heavy (non-hydrogen) atoms. The van der Waals surface area contributed by atoms with Crippen LogP contribution in [0.1, 0.15) is 13.8 Å². The molecule has 0 aromatic heterocycles. The molecule has 1 aromatic carbocycles. The Morgan fingerprint density at radius 3 is 2.67 bits per heavy atom. The van der Waals surface area contributed by atoms with Gasteiger partial charge in [0.1, 0.15) is 11.6 Å². The van der Waals surface area contributed by atoms with Crippen molar-refractivity contribution in [3.05, 3.63) is 24.0 Å². The van der Waals surface area contributed by atoms with Crippen molar-refractivity contribution in [3.8, 4) is 5.75 Å². The van der Waals surface area contributed by atoms with Gasteiger partial charge in [-0.15, -0.1) is 0 Å². The highest BCUT2D eigenvalue weighted by Crippen LogP contribution is 2.27. The first kappa shape index (κ1) is 11.8. The minimum atomic E-state index is -0.300. The van der Waals surface area contributed by atoms with Crippen LogP contribution < -0.4 is 15.8 Å². The molecule has 0 saturated carbocycles. The first-order valence-corrected chi connectivity index (χ1v) is 4.80. The summed E-state index contributed by atoms with van der Waals surface area (Å²) in [5.41, 5.74) is 5.91. The summed E-state index contributed by atoms with van der Waals surface area (Å²) in [6.07, 6.45) is 0. The molecule has 0 fully saturated rings. The lowest BCUT2D eigenvalue weighted by Gasteiger charge is -2.26. The highest BCUT2D eigenvalue weighted by Gasteiger charge is 2.17. The Balaban J connectivity index is 2.97. The van der Waals surface area contributed by atoms with Crippen LogP contribution in [0.15, 0.2) is 18.2 Å². The van der Waals surface area contributed by atoms with Crippen LogP contribution in [0.2, 0.25) is 0 Å². The van der Waals surface area contributed by atoms with Gasteiger partial charge in [-0.05, 0) is 26.0 Å². The number of hydrogen-bond donors (Lipinski definition) is 2. The van der Waals surface area contributed by atoms with E-state index in [0.717, 1.165) is 0 Å². The highest BCUT2D eigenvalue weighted by molar-refractivity contribution is 5.57. The number of halogens is 1. The molecule has 84 valence electrons. The minimum Gasteiger partial charge on any atom is -0.495 e. The van der Waals surface area contributed by atoms with Crippen LogP contribution >= 0.6 is 0 Å². The first-order chi connectivity index (χ1) is 6.98. The maximum atomic E-state index is 13.0. The summed E-state index contributed by atoms with van der Waals surface area (Å²) in [6, 6.07) is 4.35. The third-order valence-corrected chi connectivity index (χ3v) is 2.14. The van der Waals surface area contributed by atoms with Gasteiger partial charge in [-0.25, -0.2) is 4.39 Å². The van der Waals surface area contributed by atoms with Gasteiger partial charge in [-0.2, -0.15) is 0 Å². The predicted molar refractivity (Wildman–Crippen MR) is 59.7 cm³/mol. The Kier molecular flexibility index (Phi) is 3.52. The zero-order valence-corrected chi connectivity index (χ0v) is 9.30. The van der Waals surface area contributed by atoms with E-state index in [1.54, 1.807) is 13.2 Å². The number of nitrogens with two attached hydrogens (primary N) is 1. The molecule has 0 amide bonds. The van der Waals surface area contributed by atoms with Crippen LogP contribution in [-0.4, -0.2) is 19.2 Å². The molecule has 0 heterocycles. The summed E-state index contributed by atoms with van der Waals surface area (Å²) in [5.74, 6) is 0.309. The van der Waals surface area contributed by atoms with Gasteiger partial charge >= 0.3 is 0 Å². The van der Waals surface area contributed by atoms with Crippen molar-refractivity contribution in [2.24, 2.45) is 5.73 Å². The lowest BCUT2D eigenvalue weighted by atomic mass is 10.1. The van der Waals surface area contributed by atoms with E-state index in [0.29, 0.717) is 18.0 Å². The maximum Gasteiger partial charge on any atom is 0.142 e. The molecule has 4 heteroatoms. The molecule has 0 aliphatic carbocycles. The van der Waals surface area contributed by atoms with Crippen molar-refractivity contribution in [1.82, 2.24) is 0 Å². The van der Waals surface area contributed by atoms with Crippen LogP contribution in [-0.2, 0) is 0 Å². The molecule has 1 aromatic rings. The molecule has 1 rings (SSSR count). The second kappa shape index (κ2) is 4.49. The molecule has 0 radical (unpaired) electrons. The number of hydrogen-bond acceptors (Lipinski definition) is 3. The van der Waals surface area contributed by atoms with Crippen LogP contribution in [0, 0.1) is 5.82 Å². The van der Waals surface area contributed by atoms with Crippen molar-refractivity contribution in [1.29, 1.82) is 0 Å². The van der Waals surface area contributed by atoms with Gasteiger partial charge in [0.2, 0.25) is 0 Å². The lowest BCUT2D eigenvalue weighted by molar-refractivity contribution is 0.413. The van der Waals surface area contributed by atoms with E-state index in [2.05, 4.69) is 5.32 Å². The standard InChI is InChI=1S/C11H17FN2O/c1-11(2,7-13)14-9-6-8(12)4-5-10(9)15-3/h4-6,14H,7,13H2,1-3H3. The molecule has 3 nitrogen and oxygen atoms in total. The molecular formula is C11H17FN2O. The van der Waals surface area contributed by atoms with Crippen LogP contribution in [0.4, 0.5) is 10.1 Å². The fraction of sp³-hybridized carbons (Fsp3) is 0.455. The van der Waals surface area contributed by atoms with Gasteiger partial charge < -0.3 is 15.8 Å². The summed E-state index contributed by atoms with van der Waals surface area (Å²) in [6.45, 7) is 4.33. The highest BCUT2D eigenvalue weighted by atomic mass is 19.1. The lowest BCUT2D eigenvalue weighted by Crippen LogP contribution is -2.39. The molecule has 0 saturated heterocycles. The van der Waals surface area contributed by atoms with E-state index >= 15 is 0 Å². The molecule has 0 atom stereocenters. The maximum absolute atomic E-state index is 13.0. The third-order valence-electron chi connectivity index (χ3n) is 2.14. The summed E-state index contributed by atoms with van der Waals surface area (Å²) in [5, 5.41) is 3.14. The summed E-state index contributed by atoms with van der Waals surface area (Å²) in [7, 11) is 1.55. The average Bonchev–Trinajstić information content (AvgIpc) is 2.18. The summed E-state index contributed by atoms with van der Waals surface area (Å²) < 4.78 is 18.2. The number of benzene rings is 1. The van der Waals surface area contributed by atoms with E-state index in [1.165, 1.54) is 12.1 Å². The van der Waals surface area contributed by atoms with Gasteiger partial charge in [0.05, 0.1) is 12.8 Å². The second-order valence-corrected chi connectivity index (χ2v) is 4.06. The third kappa shape index (κ3) is 3.09. The first-order valence-electron chi connectivity index (χ1n) is 4.80. The molecule has 0 spiro atoms. The van der Waals surface area contributed by atoms with Crippen molar-refractivity contribution in [3.63, 3.8) is 0 Å². The van der Waals surface area contributed by atoms with Gasteiger partial charge in [-0.3, -0.25) is 0 Å². The normalized spacial score (nSPS) is 11.3. The van der Waals surface area contributed by atoms with E-state index in [-0.39, 0.29) is 11.4 Å². The molecular weight excluding hydrogens is 195 g/mol. The van der Waals surface area contributed by atoms with E-state index in [1.807, 2.05) is 13.8 Å². The van der Waals surface area contributed by atoms with Gasteiger partial charge in [0.15, 0.2) is 0 Å². The summed E-state index contributed by atoms with van der Waals surface area (Å²) >= 11 is 0. The zero-order chi connectivity index (χ0) is 11.5. The smallest absolute Gasteiger partial charge is 0.142 e. The quantitative estimate of drug-likeness (QED) is 0.802. The fourth-order valence-corrected chi connectivity index (χ4v) is 1.19. The molecule has 0 aliphatic heterocycles. The number of anilines is 1. The zero-order valence-electron chi connectivity index (χ0n) is 9.30. The number of ether oxygens (including phenoxy) is 1. The van der Waals surface area contributed by atoms with Gasteiger partial charge in [0, 0.05) is 18.2 Å². The molecule has 0 aliphatic rings. The number of methoxy groups -OCH3 is 1. The second-order valence-electron chi connectivity index (χ2n) is 4.06. The largest absolute Gasteiger partial charge is 0.495 e. The molecule has 0 bridgehead atoms. The van der Waals surface area contributed by atoms with Crippen molar-refractivity contribution >= 4 is 5.69 Å². The monoisotopic (exact) mass is 212 g/mol. The van der Waals surface area contributed by atoms with Crippen molar-refractivity contribution < 1.29 is 9.13 Å². The summed E-state index contributed by atoms with van der Waals surface area (Å²) in [4.78, 5) is 0. The SMILES string of the molecule is COc1ccc(F)cc1NC(C)(C)CN. The Hall–Kier alpha value is -1.29. The molecule has 0 unspecified atom stereocenters. The van der Waals surface area contributed by atoms with Gasteiger partial charge in [-0.1, -0.05) is 0 Å². The fourth-order valence-electron chi connectivity index (χ4n) is 1.19. The Bertz CT molecular complexity index is 339. The topological polar surface area (TPSA) is 47.3 Å². The van der Waals surface area contributed by atoms with Crippen molar-refractivity contribution in [2.45, 2.75) is 19.4 Å². The number of rotatable bonds is 4. The van der Waals surface area contributed by atoms with Crippen LogP contribution in [0.3, 0.4) is 0 Å². The molecule has 3 N–H and O–H groups in total.